The summed E-state index contributed by atoms with van der Waals surface area (Å²) in [7, 11) is 0. The minimum Gasteiger partial charge on any atom is -0.462 e. The van der Waals surface area contributed by atoms with E-state index < -0.39 is 0 Å². The Morgan fingerprint density at radius 3 is 1.41 bits per heavy atom. The molecule has 5 rings (SSSR count). The van der Waals surface area contributed by atoms with Crippen LogP contribution in [0.3, 0.4) is 0 Å². The van der Waals surface area contributed by atoms with Crippen molar-refractivity contribution in [2.45, 2.75) is 13.8 Å². The lowest BCUT2D eigenvalue weighted by atomic mass is 10.1. The zero-order valence-corrected chi connectivity index (χ0v) is 22.8. The number of carbonyl (C=O) groups excluding carboxylic acids is 1. The van der Waals surface area contributed by atoms with E-state index in [-0.39, 0.29) is 43.1 Å². The maximum Gasteiger partial charge on any atom is 0.331 e. The fourth-order valence-electron chi connectivity index (χ4n) is 3.82. The third kappa shape index (κ3) is 7.67. The van der Waals surface area contributed by atoms with E-state index in [1.165, 1.54) is 0 Å². The zero-order chi connectivity index (χ0) is 28.4. The van der Waals surface area contributed by atoms with Gasteiger partial charge in [0.1, 0.15) is 24.7 Å². The number of hydrogen-bond acceptors (Lipinski definition) is 8. The van der Waals surface area contributed by atoms with Gasteiger partial charge in [-0.3, -0.25) is 4.79 Å². The zero-order valence-electron chi connectivity index (χ0n) is 22.8. The maximum absolute atomic E-state index is 11.7. The molecule has 0 spiro atoms. The van der Waals surface area contributed by atoms with E-state index in [1.54, 1.807) is 13.8 Å². The third-order valence-electron chi connectivity index (χ3n) is 5.95. The number of hydrogen-bond donors (Lipinski definition) is 0. The largest absolute Gasteiger partial charge is 0.462 e. The first-order valence-electron chi connectivity index (χ1n) is 13.3. The van der Waals surface area contributed by atoms with Crippen LogP contribution in [0, 0.1) is 5.92 Å². The van der Waals surface area contributed by atoms with E-state index in [4.69, 9.17) is 18.9 Å². The summed E-state index contributed by atoms with van der Waals surface area (Å²) in [6, 6.07) is 35.2. The molecule has 0 amide bonds. The Balaban J connectivity index is 1.32. The van der Waals surface area contributed by atoms with Crippen molar-refractivity contribution >= 4 is 5.97 Å². The summed E-state index contributed by atoms with van der Waals surface area (Å²) in [5.74, 6) is 0.528. The quantitative estimate of drug-likeness (QED) is 0.125. The van der Waals surface area contributed by atoms with Gasteiger partial charge in [-0.25, -0.2) is 0 Å². The van der Waals surface area contributed by atoms with Gasteiger partial charge in [0.2, 0.25) is 0 Å². The Bertz CT molecular complexity index is 1460. The van der Waals surface area contributed by atoms with Crippen LogP contribution in [0.1, 0.15) is 13.8 Å². The topological polar surface area (TPSA) is 92.7 Å². The summed E-state index contributed by atoms with van der Waals surface area (Å²) in [4.78, 5) is 24.6. The molecule has 0 aliphatic carbocycles. The second kappa shape index (κ2) is 13.2. The fraction of sp³-hybridized carbons (Fsp3) is 0.152. The summed E-state index contributed by atoms with van der Waals surface area (Å²) in [5.41, 5.74) is 4.30. The molecular formula is C33H29N3O5. The molecule has 0 bridgehead atoms. The number of nitrogens with zero attached hydrogens (tertiary/aromatic N) is 3. The number of rotatable bonds is 11. The molecule has 0 aliphatic rings. The predicted molar refractivity (Wildman–Crippen MR) is 155 cm³/mol. The monoisotopic (exact) mass is 547 g/mol. The Hall–Kier alpha value is -5.24. The van der Waals surface area contributed by atoms with E-state index in [9.17, 15) is 4.79 Å². The Morgan fingerprint density at radius 1 is 0.561 bits per heavy atom. The van der Waals surface area contributed by atoms with Crippen molar-refractivity contribution in [3.05, 3.63) is 109 Å². The van der Waals surface area contributed by atoms with Gasteiger partial charge in [-0.05, 0) is 46.5 Å². The summed E-state index contributed by atoms with van der Waals surface area (Å²) >= 11 is 0. The summed E-state index contributed by atoms with van der Waals surface area (Å²) in [5, 5.41) is 0. The Labute approximate surface area is 238 Å². The van der Waals surface area contributed by atoms with E-state index in [1.807, 2.05) is 109 Å². The van der Waals surface area contributed by atoms with Gasteiger partial charge in [-0.1, -0.05) is 98.8 Å². The van der Waals surface area contributed by atoms with Crippen LogP contribution in [0.4, 0.5) is 0 Å². The molecule has 1 aromatic heterocycles. The maximum atomic E-state index is 11.7. The molecule has 0 N–H and O–H groups in total. The summed E-state index contributed by atoms with van der Waals surface area (Å²) in [6.07, 6.45) is 0. The average Bonchev–Trinajstić information content (AvgIpc) is 3.01. The summed E-state index contributed by atoms with van der Waals surface area (Å²) in [6.45, 7) is 3.64. The molecule has 41 heavy (non-hydrogen) atoms. The van der Waals surface area contributed by atoms with Crippen molar-refractivity contribution in [2.24, 2.45) is 5.92 Å². The molecule has 0 unspecified atom stereocenters. The van der Waals surface area contributed by atoms with Crippen LogP contribution in [0.2, 0.25) is 0 Å². The lowest BCUT2D eigenvalue weighted by Crippen LogP contribution is -2.17. The van der Waals surface area contributed by atoms with Gasteiger partial charge in [0.25, 0.3) is 0 Å². The van der Waals surface area contributed by atoms with Crippen LogP contribution >= 0.6 is 0 Å². The molecule has 8 nitrogen and oxygen atoms in total. The Kier molecular flexibility index (Phi) is 8.81. The molecule has 0 saturated carbocycles. The average molecular weight is 548 g/mol. The highest BCUT2D eigenvalue weighted by Crippen LogP contribution is 2.28. The molecule has 8 heteroatoms. The van der Waals surface area contributed by atoms with Crippen molar-refractivity contribution in [3.8, 4) is 51.8 Å². The molecule has 0 radical (unpaired) electrons. The molecule has 0 aliphatic heterocycles. The Morgan fingerprint density at radius 2 is 0.976 bits per heavy atom. The second-order valence-electron chi connectivity index (χ2n) is 9.34. The SMILES string of the molecule is CC(C)C(=O)OCCOc1nc(Oc2ccc(-c3ccccc3)cc2)nc(Oc2ccc(-c3ccccc3)cc2)n1. The number of ether oxygens (including phenoxy) is 4. The van der Waals surface area contributed by atoms with Gasteiger partial charge < -0.3 is 18.9 Å². The van der Waals surface area contributed by atoms with Gasteiger partial charge in [0.05, 0.1) is 5.92 Å². The molecule has 5 aromatic rings. The first kappa shape index (κ1) is 27.3. The third-order valence-corrected chi connectivity index (χ3v) is 5.95. The summed E-state index contributed by atoms with van der Waals surface area (Å²) < 4.78 is 22.7. The van der Waals surface area contributed by atoms with Crippen molar-refractivity contribution in [3.63, 3.8) is 0 Å². The van der Waals surface area contributed by atoms with Gasteiger partial charge in [-0.2, -0.15) is 0 Å². The minimum absolute atomic E-state index is 0.00228. The first-order chi connectivity index (χ1) is 20.0. The lowest BCUT2D eigenvalue weighted by Gasteiger charge is -2.11. The highest BCUT2D eigenvalue weighted by atomic mass is 16.6. The van der Waals surface area contributed by atoms with Gasteiger partial charge in [0.15, 0.2) is 0 Å². The smallest absolute Gasteiger partial charge is 0.331 e. The molecule has 4 aromatic carbocycles. The van der Waals surface area contributed by atoms with E-state index >= 15 is 0 Å². The van der Waals surface area contributed by atoms with Gasteiger partial charge >= 0.3 is 24.0 Å². The molecule has 206 valence electrons. The molecular weight excluding hydrogens is 518 g/mol. The normalized spacial score (nSPS) is 10.7. The lowest BCUT2D eigenvalue weighted by molar-refractivity contribution is -0.148. The van der Waals surface area contributed by atoms with Gasteiger partial charge in [0, 0.05) is 0 Å². The fourth-order valence-corrected chi connectivity index (χ4v) is 3.82. The van der Waals surface area contributed by atoms with Crippen molar-refractivity contribution in [2.75, 3.05) is 13.2 Å². The number of carbonyl (C=O) groups is 1. The van der Waals surface area contributed by atoms with E-state index in [2.05, 4.69) is 15.0 Å². The van der Waals surface area contributed by atoms with Crippen LogP contribution in [-0.2, 0) is 9.53 Å². The van der Waals surface area contributed by atoms with Crippen molar-refractivity contribution in [1.82, 2.24) is 15.0 Å². The van der Waals surface area contributed by atoms with Crippen LogP contribution in [0.5, 0.6) is 29.5 Å². The molecule has 1 heterocycles. The van der Waals surface area contributed by atoms with Crippen molar-refractivity contribution in [1.29, 1.82) is 0 Å². The minimum atomic E-state index is -0.310. The number of aromatic nitrogens is 3. The second-order valence-corrected chi connectivity index (χ2v) is 9.34. The van der Waals surface area contributed by atoms with Crippen LogP contribution in [-0.4, -0.2) is 34.1 Å². The highest BCUT2D eigenvalue weighted by Gasteiger charge is 2.14. The van der Waals surface area contributed by atoms with E-state index in [0.29, 0.717) is 11.5 Å². The van der Waals surface area contributed by atoms with Crippen LogP contribution in [0.15, 0.2) is 109 Å². The molecule has 0 saturated heterocycles. The van der Waals surface area contributed by atoms with E-state index in [0.717, 1.165) is 22.3 Å². The van der Waals surface area contributed by atoms with Crippen LogP contribution in [0.25, 0.3) is 22.3 Å². The number of esters is 1. The molecule has 0 fully saturated rings. The van der Waals surface area contributed by atoms with Gasteiger partial charge in [-0.15, -0.1) is 15.0 Å². The molecule has 0 atom stereocenters. The number of benzene rings is 4. The highest BCUT2D eigenvalue weighted by molar-refractivity contribution is 5.71. The predicted octanol–water partition coefficient (Wildman–Crippen LogP) is 7.37. The van der Waals surface area contributed by atoms with Crippen LogP contribution < -0.4 is 14.2 Å². The van der Waals surface area contributed by atoms with Crippen molar-refractivity contribution < 1.29 is 23.7 Å². The first-order valence-corrected chi connectivity index (χ1v) is 13.3. The standard InChI is InChI=1S/C33H29N3O5/c1-23(2)30(37)38-21-22-39-31-34-32(40-28-17-13-26(14-18-28)24-9-5-3-6-10-24)36-33(35-31)41-29-19-15-27(16-20-29)25-11-7-4-8-12-25/h3-20,23H,21-22H2,1-2H3.